The fourth-order valence-corrected chi connectivity index (χ4v) is 0.697. The summed E-state index contributed by atoms with van der Waals surface area (Å²) in [4.78, 5) is 0. The molecule has 0 radical (unpaired) electrons. The van der Waals surface area contributed by atoms with Gasteiger partial charge in [-0.15, -0.1) is 0 Å². The molecule has 0 bridgehead atoms. The second-order valence-corrected chi connectivity index (χ2v) is 1.94. The maximum atomic E-state index is 8.96. The summed E-state index contributed by atoms with van der Waals surface area (Å²) in [7, 11) is 0. The monoisotopic (exact) mass is 134 g/mol. The molecule has 0 aromatic rings. The van der Waals surface area contributed by atoms with Crippen LogP contribution in [0.2, 0.25) is 0 Å². The van der Waals surface area contributed by atoms with E-state index < -0.39 is 12.2 Å². The van der Waals surface area contributed by atoms with Crippen molar-refractivity contribution in [3.8, 4) is 0 Å². The van der Waals surface area contributed by atoms with Gasteiger partial charge in [-0.05, 0) is 0 Å². The summed E-state index contributed by atoms with van der Waals surface area (Å²) in [5.74, 6) is 0. The summed E-state index contributed by atoms with van der Waals surface area (Å²) in [5.41, 5.74) is 0. The first-order valence-corrected chi connectivity index (χ1v) is 2.83. The Bertz CT molecular complexity index is 85.0. The molecule has 1 heterocycles. The normalized spacial score (nSPS) is 36.7. The van der Waals surface area contributed by atoms with E-state index in [9.17, 15) is 0 Å². The Morgan fingerprint density at radius 3 is 2.78 bits per heavy atom. The predicted octanol–water partition coefficient (Wildman–Crippen LogP) is -1.29. The van der Waals surface area contributed by atoms with Crippen molar-refractivity contribution in [2.45, 2.75) is 12.2 Å². The summed E-state index contributed by atoms with van der Waals surface area (Å²) in [5, 5.41) is 17.5. The van der Waals surface area contributed by atoms with Crippen molar-refractivity contribution in [1.82, 2.24) is 0 Å². The molecule has 0 aromatic carbocycles. The van der Waals surface area contributed by atoms with Gasteiger partial charge in [-0.1, -0.05) is 0 Å². The van der Waals surface area contributed by atoms with E-state index in [0.29, 0.717) is 0 Å². The molecule has 2 N–H and O–H groups in total. The van der Waals surface area contributed by atoms with Gasteiger partial charge >= 0.3 is 0 Å². The second kappa shape index (κ2) is 3.12. The summed E-state index contributed by atoms with van der Waals surface area (Å²) in [6.45, 7) is 0.276. The quantitative estimate of drug-likeness (QED) is 0.468. The lowest BCUT2D eigenvalue weighted by atomic mass is 10.2. The first-order valence-electron chi connectivity index (χ1n) is 2.83. The number of hydrogen-bond acceptors (Lipinski definition) is 4. The van der Waals surface area contributed by atoms with Crippen LogP contribution in [0.3, 0.4) is 0 Å². The molecular weight excluding hydrogens is 124 g/mol. The third-order valence-corrected chi connectivity index (χ3v) is 1.26. The van der Waals surface area contributed by atoms with Gasteiger partial charge in [-0.3, -0.25) is 0 Å². The van der Waals surface area contributed by atoms with Crippen LogP contribution in [0.5, 0.6) is 0 Å². The van der Waals surface area contributed by atoms with Gasteiger partial charge in [0.05, 0.1) is 13.2 Å². The maximum absolute atomic E-state index is 8.96. The van der Waals surface area contributed by atoms with Crippen LogP contribution in [0.25, 0.3) is 0 Å². The Morgan fingerprint density at radius 2 is 2.33 bits per heavy atom. The van der Waals surface area contributed by atoms with Gasteiger partial charge in [-0.2, -0.15) is 0 Å². The standard InChI is InChI=1S/C5H10O4/c6-1-5-4(7)2-8-3-9-5/h4-7H,1-3H2/t4-,5?/m0/s1. The summed E-state index contributed by atoms with van der Waals surface area (Å²) >= 11 is 0. The fraction of sp³-hybridized carbons (Fsp3) is 1.00. The van der Waals surface area contributed by atoms with Crippen LogP contribution in [0.15, 0.2) is 0 Å². The third kappa shape index (κ3) is 1.62. The zero-order chi connectivity index (χ0) is 6.69. The number of hydrogen-bond donors (Lipinski definition) is 2. The molecule has 9 heavy (non-hydrogen) atoms. The zero-order valence-corrected chi connectivity index (χ0v) is 4.99. The Hall–Kier alpha value is -0.160. The van der Waals surface area contributed by atoms with E-state index in [4.69, 9.17) is 19.7 Å². The molecule has 54 valence electrons. The van der Waals surface area contributed by atoms with Gasteiger partial charge in [0.15, 0.2) is 0 Å². The van der Waals surface area contributed by atoms with Gasteiger partial charge in [0.2, 0.25) is 0 Å². The van der Waals surface area contributed by atoms with Crippen LogP contribution in [-0.4, -0.2) is 42.4 Å². The lowest BCUT2D eigenvalue weighted by molar-refractivity contribution is -0.202. The highest BCUT2D eigenvalue weighted by molar-refractivity contribution is 4.68. The molecule has 0 aliphatic carbocycles. The highest BCUT2D eigenvalue weighted by atomic mass is 16.7. The van der Waals surface area contributed by atoms with E-state index in [-0.39, 0.29) is 20.0 Å². The van der Waals surface area contributed by atoms with E-state index in [0.717, 1.165) is 0 Å². The van der Waals surface area contributed by atoms with Crippen LogP contribution >= 0.6 is 0 Å². The minimum absolute atomic E-state index is 0.148. The number of rotatable bonds is 1. The molecule has 2 atom stereocenters. The van der Waals surface area contributed by atoms with Gasteiger partial charge in [0.1, 0.15) is 19.0 Å². The zero-order valence-electron chi connectivity index (χ0n) is 4.99. The first kappa shape index (κ1) is 6.95. The minimum Gasteiger partial charge on any atom is -0.394 e. The maximum Gasteiger partial charge on any atom is 0.147 e. The highest BCUT2D eigenvalue weighted by Crippen LogP contribution is 2.05. The van der Waals surface area contributed by atoms with Gasteiger partial charge in [0.25, 0.3) is 0 Å². The smallest absolute Gasteiger partial charge is 0.147 e. The Labute approximate surface area is 53.0 Å². The highest BCUT2D eigenvalue weighted by Gasteiger charge is 2.22. The van der Waals surface area contributed by atoms with Crippen molar-refractivity contribution in [2.24, 2.45) is 0 Å². The largest absolute Gasteiger partial charge is 0.394 e. The van der Waals surface area contributed by atoms with Crippen LogP contribution in [0.4, 0.5) is 0 Å². The molecular formula is C5H10O4. The average molecular weight is 134 g/mol. The number of aliphatic hydroxyl groups excluding tert-OH is 2. The summed E-state index contributed by atoms with van der Waals surface area (Å²) in [6, 6.07) is 0. The van der Waals surface area contributed by atoms with E-state index >= 15 is 0 Å². The van der Waals surface area contributed by atoms with Crippen LogP contribution < -0.4 is 0 Å². The second-order valence-electron chi connectivity index (χ2n) is 1.94. The molecule has 1 aliphatic heterocycles. The average Bonchev–Trinajstić information content (AvgIpc) is 1.89. The van der Waals surface area contributed by atoms with Gasteiger partial charge < -0.3 is 19.7 Å². The van der Waals surface area contributed by atoms with Crippen molar-refractivity contribution < 1.29 is 19.7 Å². The summed E-state index contributed by atoms with van der Waals surface area (Å²) < 4.78 is 9.55. The molecule has 4 heteroatoms. The summed E-state index contributed by atoms with van der Waals surface area (Å²) in [6.07, 6.45) is -1.14. The van der Waals surface area contributed by atoms with Gasteiger partial charge in [0, 0.05) is 0 Å². The predicted molar refractivity (Wildman–Crippen MR) is 28.8 cm³/mol. The molecule has 1 fully saturated rings. The Balaban J connectivity index is 2.30. The topological polar surface area (TPSA) is 58.9 Å². The molecule has 4 nitrogen and oxygen atoms in total. The van der Waals surface area contributed by atoms with Crippen molar-refractivity contribution in [3.05, 3.63) is 0 Å². The van der Waals surface area contributed by atoms with E-state index in [1.807, 2.05) is 0 Å². The molecule has 0 amide bonds. The molecule has 1 aliphatic rings. The SMILES string of the molecule is OCC1OCOC[C@@H]1O. The molecule has 0 aromatic heterocycles. The first-order chi connectivity index (χ1) is 4.34. The number of aliphatic hydroxyl groups is 2. The van der Waals surface area contributed by atoms with Crippen molar-refractivity contribution in [2.75, 3.05) is 20.0 Å². The van der Waals surface area contributed by atoms with Crippen LogP contribution in [0, 0.1) is 0 Å². The van der Waals surface area contributed by atoms with E-state index in [2.05, 4.69) is 0 Å². The molecule has 0 spiro atoms. The van der Waals surface area contributed by atoms with Crippen molar-refractivity contribution >= 4 is 0 Å². The number of ether oxygens (including phenoxy) is 2. The van der Waals surface area contributed by atoms with E-state index in [1.165, 1.54) is 0 Å². The van der Waals surface area contributed by atoms with Gasteiger partial charge in [-0.25, -0.2) is 0 Å². The van der Waals surface area contributed by atoms with Crippen LogP contribution in [0.1, 0.15) is 0 Å². The molecule has 1 rings (SSSR count). The molecule has 1 unspecified atom stereocenters. The van der Waals surface area contributed by atoms with E-state index in [1.54, 1.807) is 0 Å². The van der Waals surface area contributed by atoms with Crippen molar-refractivity contribution in [3.63, 3.8) is 0 Å². The Morgan fingerprint density at radius 1 is 1.56 bits per heavy atom. The molecule has 1 saturated heterocycles. The minimum atomic E-state index is -0.677. The third-order valence-electron chi connectivity index (χ3n) is 1.26. The molecule has 0 saturated carbocycles. The fourth-order valence-electron chi connectivity index (χ4n) is 0.697. The lowest BCUT2D eigenvalue weighted by Crippen LogP contribution is -2.40. The lowest BCUT2D eigenvalue weighted by Gasteiger charge is -2.25. The van der Waals surface area contributed by atoms with Crippen molar-refractivity contribution in [1.29, 1.82) is 0 Å². The Kier molecular flexibility index (Phi) is 2.41. The van der Waals surface area contributed by atoms with Crippen LogP contribution in [-0.2, 0) is 9.47 Å².